The summed E-state index contributed by atoms with van der Waals surface area (Å²) in [5.41, 5.74) is 7.95. The van der Waals surface area contributed by atoms with Gasteiger partial charge < -0.3 is 15.1 Å². The fourth-order valence-electron chi connectivity index (χ4n) is 2.93. The van der Waals surface area contributed by atoms with Crippen LogP contribution in [0.5, 0.6) is 0 Å². The van der Waals surface area contributed by atoms with E-state index < -0.39 is 0 Å². The third-order valence-electron chi connectivity index (χ3n) is 4.13. The molecule has 0 radical (unpaired) electrons. The first-order valence-electron chi connectivity index (χ1n) is 7.70. The lowest BCUT2D eigenvalue weighted by atomic mass is 10.1. The highest BCUT2D eigenvalue weighted by Gasteiger charge is 2.20. The summed E-state index contributed by atoms with van der Waals surface area (Å²) in [6, 6.07) is 5.19. The van der Waals surface area contributed by atoms with E-state index in [9.17, 15) is 4.79 Å². The molecule has 0 atom stereocenters. The topological polar surface area (TPSA) is 89.7 Å². The predicted molar refractivity (Wildman–Crippen MR) is 84.9 cm³/mol. The van der Waals surface area contributed by atoms with Gasteiger partial charge in [-0.1, -0.05) is 0 Å². The van der Waals surface area contributed by atoms with Gasteiger partial charge in [0.2, 0.25) is 0 Å². The Bertz CT molecular complexity index is 847. The molecule has 4 rings (SSSR count). The van der Waals surface area contributed by atoms with E-state index in [1.54, 1.807) is 30.7 Å². The monoisotopic (exact) mass is 311 g/mol. The van der Waals surface area contributed by atoms with Crippen LogP contribution in [0, 0.1) is 0 Å². The van der Waals surface area contributed by atoms with Gasteiger partial charge in [0, 0.05) is 18.7 Å². The average Bonchev–Trinajstić information content (AvgIpc) is 3.24. The number of anilines is 1. The number of amides is 1. The molecule has 1 saturated heterocycles. The SMILES string of the molecule is Nc1cc(C(=O)N2CCCCC2)cc2nc(-c3ccoc3)nn12. The van der Waals surface area contributed by atoms with Crippen LogP contribution in [0.1, 0.15) is 29.6 Å². The van der Waals surface area contributed by atoms with Crippen molar-refractivity contribution in [1.29, 1.82) is 0 Å². The maximum atomic E-state index is 12.6. The zero-order chi connectivity index (χ0) is 15.8. The van der Waals surface area contributed by atoms with Crippen LogP contribution in [0.2, 0.25) is 0 Å². The molecule has 7 heteroatoms. The molecule has 118 valence electrons. The molecule has 4 heterocycles. The van der Waals surface area contributed by atoms with Crippen molar-refractivity contribution in [2.45, 2.75) is 19.3 Å². The van der Waals surface area contributed by atoms with E-state index in [4.69, 9.17) is 10.2 Å². The quantitative estimate of drug-likeness (QED) is 0.783. The molecule has 0 aliphatic carbocycles. The number of furan rings is 1. The average molecular weight is 311 g/mol. The molecule has 0 aromatic carbocycles. The van der Waals surface area contributed by atoms with Crippen molar-refractivity contribution in [3.8, 4) is 11.4 Å². The first-order chi connectivity index (χ1) is 11.2. The predicted octanol–water partition coefficient (Wildman–Crippen LogP) is 2.20. The number of rotatable bonds is 2. The van der Waals surface area contributed by atoms with Crippen LogP contribution in [-0.2, 0) is 0 Å². The Hall–Kier alpha value is -2.83. The van der Waals surface area contributed by atoms with E-state index in [2.05, 4.69) is 10.1 Å². The number of pyridine rings is 1. The number of hydrogen-bond acceptors (Lipinski definition) is 5. The van der Waals surface area contributed by atoms with Gasteiger partial charge in [-0.15, -0.1) is 5.10 Å². The summed E-state index contributed by atoms with van der Waals surface area (Å²) >= 11 is 0. The minimum atomic E-state index is 0.00626. The lowest BCUT2D eigenvalue weighted by Gasteiger charge is -2.26. The summed E-state index contributed by atoms with van der Waals surface area (Å²) < 4.78 is 6.59. The summed E-state index contributed by atoms with van der Waals surface area (Å²) in [5.74, 6) is 0.921. The third kappa shape index (κ3) is 2.44. The molecule has 0 bridgehead atoms. The molecule has 3 aromatic heterocycles. The summed E-state index contributed by atoms with van der Waals surface area (Å²) in [5, 5.41) is 4.36. The van der Waals surface area contributed by atoms with Gasteiger partial charge in [0.15, 0.2) is 11.5 Å². The van der Waals surface area contributed by atoms with E-state index in [0.29, 0.717) is 22.9 Å². The number of likely N-dealkylation sites (tertiary alicyclic amines) is 1. The highest BCUT2D eigenvalue weighted by Crippen LogP contribution is 2.21. The smallest absolute Gasteiger partial charge is 0.254 e. The Kier molecular flexibility index (Phi) is 3.25. The molecule has 0 saturated carbocycles. The van der Waals surface area contributed by atoms with Gasteiger partial charge in [0.25, 0.3) is 5.91 Å². The Balaban J connectivity index is 1.73. The Labute approximate surface area is 132 Å². The number of carbonyl (C=O) groups excluding carboxylic acids is 1. The number of aromatic nitrogens is 3. The second-order valence-corrected chi connectivity index (χ2v) is 5.74. The van der Waals surface area contributed by atoms with Crippen LogP contribution in [0.15, 0.2) is 35.1 Å². The lowest BCUT2D eigenvalue weighted by molar-refractivity contribution is 0.0724. The zero-order valence-electron chi connectivity index (χ0n) is 12.6. The van der Waals surface area contributed by atoms with Crippen LogP contribution in [0.3, 0.4) is 0 Å². The molecule has 3 aromatic rings. The molecular formula is C16H17N5O2. The molecule has 23 heavy (non-hydrogen) atoms. The van der Waals surface area contributed by atoms with Crippen LogP contribution in [0.25, 0.3) is 17.0 Å². The molecule has 0 unspecified atom stereocenters. The van der Waals surface area contributed by atoms with Gasteiger partial charge in [-0.3, -0.25) is 4.79 Å². The van der Waals surface area contributed by atoms with Gasteiger partial charge in [-0.05, 0) is 37.5 Å². The lowest BCUT2D eigenvalue weighted by Crippen LogP contribution is -2.35. The van der Waals surface area contributed by atoms with E-state index >= 15 is 0 Å². The maximum absolute atomic E-state index is 12.6. The number of hydrogen-bond donors (Lipinski definition) is 1. The fraction of sp³-hybridized carbons (Fsp3) is 0.312. The second-order valence-electron chi connectivity index (χ2n) is 5.74. The Morgan fingerprint density at radius 1 is 1.22 bits per heavy atom. The standard InChI is InChI=1S/C16H17N5O2/c17-13-8-12(16(22)20-5-2-1-3-6-20)9-14-18-15(19-21(13)14)11-4-7-23-10-11/h4,7-10H,1-3,5-6,17H2. The maximum Gasteiger partial charge on any atom is 0.254 e. The van der Waals surface area contributed by atoms with Crippen molar-refractivity contribution in [1.82, 2.24) is 19.5 Å². The van der Waals surface area contributed by atoms with Crippen molar-refractivity contribution in [3.63, 3.8) is 0 Å². The van der Waals surface area contributed by atoms with Crippen LogP contribution in [0.4, 0.5) is 5.82 Å². The van der Waals surface area contributed by atoms with E-state index in [-0.39, 0.29) is 5.91 Å². The van der Waals surface area contributed by atoms with Gasteiger partial charge >= 0.3 is 0 Å². The number of nitrogens with two attached hydrogens (primary N) is 1. The van der Waals surface area contributed by atoms with Crippen molar-refractivity contribution in [2.75, 3.05) is 18.8 Å². The zero-order valence-corrected chi connectivity index (χ0v) is 12.6. The van der Waals surface area contributed by atoms with E-state index in [1.165, 1.54) is 10.9 Å². The summed E-state index contributed by atoms with van der Waals surface area (Å²) in [6.07, 6.45) is 6.43. The molecule has 1 fully saturated rings. The van der Waals surface area contributed by atoms with Crippen molar-refractivity contribution >= 4 is 17.4 Å². The molecular weight excluding hydrogens is 294 g/mol. The minimum Gasteiger partial charge on any atom is -0.472 e. The van der Waals surface area contributed by atoms with E-state index in [0.717, 1.165) is 31.5 Å². The van der Waals surface area contributed by atoms with Gasteiger partial charge in [0.05, 0.1) is 11.8 Å². The van der Waals surface area contributed by atoms with Crippen LogP contribution < -0.4 is 5.73 Å². The summed E-state index contributed by atoms with van der Waals surface area (Å²) in [6.45, 7) is 1.60. The molecule has 0 spiro atoms. The Morgan fingerprint density at radius 2 is 2.04 bits per heavy atom. The first-order valence-corrected chi connectivity index (χ1v) is 7.70. The largest absolute Gasteiger partial charge is 0.472 e. The summed E-state index contributed by atoms with van der Waals surface area (Å²) in [7, 11) is 0. The highest BCUT2D eigenvalue weighted by atomic mass is 16.3. The van der Waals surface area contributed by atoms with Crippen LogP contribution in [-0.4, -0.2) is 38.5 Å². The third-order valence-corrected chi connectivity index (χ3v) is 4.13. The first kappa shape index (κ1) is 13.8. The fourth-order valence-corrected chi connectivity index (χ4v) is 2.93. The number of carbonyl (C=O) groups is 1. The van der Waals surface area contributed by atoms with Gasteiger partial charge in [-0.2, -0.15) is 4.52 Å². The Morgan fingerprint density at radius 3 is 2.78 bits per heavy atom. The molecule has 1 aliphatic rings. The van der Waals surface area contributed by atoms with Crippen LogP contribution >= 0.6 is 0 Å². The summed E-state index contributed by atoms with van der Waals surface area (Å²) in [4.78, 5) is 19.0. The number of nitrogens with zero attached hydrogens (tertiary/aromatic N) is 4. The van der Waals surface area contributed by atoms with Crippen molar-refractivity contribution in [2.24, 2.45) is 0 Å². The van der Waals surface area contributed by atoms with E-state index in [1.807, 2.05) is 4.90 Å². The number of piperidine rings is 1. The molecule has 1 amide bonds. The number of fused-ring (bicyclic) bond motifs is 1. The second kappa shape index (κ2) is 5.42. The number of nitrogen functional groups attached to an aromatic ring is 1. The van der Waals surface area contributed by atoms with Crippen molar-refractivity contribution in [3.05, 3.63) is 36.3 Å². The molecule has 2 N–H and O–H groups in total. The molecule has 7 nitrogen and oxygen atoms in total. The molecule has 1 aliphatic heterocycles. The van der Waals surface area contributed by atoms with Crippen molar-refractivity contribution < 1.29 is 9.21 Å². The van der Waals surface area contributed by atoms with Gasteiger partial charge in [0.1, 0.15) is 12.1 Å². The van der Waals surface area contributed by atoms with Gasteiger partial charge in [-0.25, -0.2) is 4.98 Å². The highest BCUT2D eigenvalue weighted by molar-refractivity contribution is 5.96. The minimum absolute atomic E-state index is 0.00626. The normalized spacial score (nSPS) is 15.2.